The number of hydrogen-bond donors (Lipinski definition) is 1. The van der Waals surface area contributed by atoms with Crippen LogP contribution >= 0.6 is 23.2 Å². The predicted molar refractivity (Wildman–Crippen MR) is 77.4 cm³/mol. The third-order valence-corrected chi connectivity index (χ3v) is 3.41. The molecule has 0 spiro atoms. The molecule has 0 saturated heterocycles. The van der Waals surface area contributed by atoms with Gasteiger partial charge in [0, 0.05) is 6.04 Å². The summed E-state index contributed by atoms with van der Waals surface area (Å²) in [6, 6.07) is 5.18. The summed E-state index contributed by atoms with van der Waals surface area (Å²) >= 11 is 11.8. The van der Waals surface area contributed by atoms with Crippen LogP contribution in [0, 0.1) is 18.6 Å². The molecule has 0 aliphatic rings. The van der Waals surface area contributed by atoms with E-state index in [4.69, 9.17) is 23.2 Å². The molecule has 106 valence electrons. The standard InChI is InChI=1S/C14H12Cl2F2N2/c1-7-5-12(15)20-14(16)13(7)19-8(2)9-3-4-10(17)11(18)6-9/h3-6,8,19H,1-2H3. The Hall–Kier alpha value is -1.39. The minimum absolute atomic E-state index is 0.240. The molecule has 1 heterocycles. The Kier molecular flexibility index (Phi) is 4.45. The fourth-order valence-electron chi connectivity index (χ4n) is 1.85. The molecule has 0 amide bonds. The van der Waals surface area contributed by atoms with Crippen LogP contribution in [-0.2, 0) is 0 Å². The van der Waals surface area contributed by atoms with Gasteiger partial charge in [0.2, 0.25) is 0 Å². The van der Waals surface area contributed by atoms with Crippen LogP contribution in [0.25, 0.3) is 0 Å². The summed E-state index contributed by atoms with van der Waals surface area (Å²) in [4.78, 5) is 3.95. The van der Waals surface area contributed by atoms with E-state index in [1.54, 1.807) is 6.07 Å². The number of pyridine rings is 1. The van der Waals surface area contributed by atoms with Crippen LogP contribution in [0.1, 0.15) is 24.1 Å². The maximum Gasteiger partial charge on any atom is 0.159 e. The molecule has 2 rings (SSSR count). The molecule has 6 heteroatoms. The van der Waals surface area contributed by atoms with Gasteiger partial charge >= 0.3 is 0 Å². The first kappa shape index (κ1) is 15.0. The second-order valence-electron chi connectivity index (χ2n) is 4.47. The zero-order chi connectivity index (χ0) is 14.9. The quantitative estimate of drug-likeness (QED) is 0.792. The first-order valence-corrected chi connectivity index (χ1v) is 6.68. The van der Waals surface area contributed by atoms with Gasteiger partial charge in [-0.3, -0.25) is 0 Å². The molecular formula is C14H12Cl2F2N2. The Morgan fingerprint density at radius 1 is 1.15 bits per heavy atom. The van der Waals surface area contributed by atoms with Gasteiger partial charge in [-0.15, -0.1) is 0 Å². The molecule has 0 fully saturated rings. The van der Waals surface area contributed by atoms with Crippen molar-refractivity contribution in [3.8, 4) is 0 Å². The summed E-state index contributed by atoms with van der Waals surface area (Å²) in [6.07, 6.45) is 0. The fraction of sp³-hybridized carbons (Fsp3) is 0.214. The van der Waals surface area contributed by atoms with Crippen molar-refractivity contribution in [3.63, 3.8) is 0 Å². The maximum absolute atomic E-state index is 13.2. The molecule has 0 aliphatic heterocycles. The van der Waals surface area contributed by atoms with Crippen LogP contribution in [0.5, 0.6) is 0 Å². The number of benzene rings is 1. The summed E-state index contributed by atoms with van der Waals surface area (Å²) in [7, 11) is 0. The highest BCUT2D eigenvalue weighted by Gasteiger charge is 2.13. The van der Waals surface area contributed by atoms with Crippen LogP contribution in [-0.4, -0.2) is 4.98 Å². The van der Waals surface area contributed by atoms with E-state index in [0.29, 0.717) is 16.4 Å². The molecule has 0 aliphatic carbocycles. The number of hydrogen-bond acceptors (Lipinski definition) is 2. The van der Waals surface area contributed by atoms with Gasteiger partial charge in [-0.2, -0.15) is 0 Å². The van der Waals surface area contributed by atoms with E-state index in [9.17, 15) is 8.78 Å². The molecule has 1 unspecified atom stereocenters. The normalized spacial score (nSPS) is 12.3. The van der Waals surface area contributed by atoms with Gasteiger partial charge in [0.05, 0.1) is 5.69 Å². The second-order valence-corrected chi connectivity index (χ2v) is 5.21. The SMILES string of the molecule is Cc1cc(Cl)nc(Cl)c1NC(C)c1ccc(F)c(F)c1. The molecule has 1 atom stereocenters. The van der Waals surface area contributed by atoms with Gasteiger partial charge in [-0.1, -0.05) is 29.3 Å². The van der Waals surface area contributed by atoms with Crippen molar-refractivity contribution >= 4 is 28.9 Å². The lowest BCUT2D eigenvalue weighted by Gasteiger charge is -2.18. The van der Waals surface area contributed by atoms with Crippen LogP contribution in [0.2, 0.25) is 10.3 Å². The number of halogens is 4. The van der Waals surface area contributed by atoms with E-state index < -0.39 is 11.6 Å². The molecule has 1 aromatic heterocycles. The number of aryl methyl sites for hydroxylation is 1. The Balaban J connectivity index is 2.27. The summed E-state index contributed by atoms with van der Waals surface area (Å²) in [5, 5.41) is 3.67. The zero-order valence-corrected chi connectivity index (χ0v) is 12.4. The highest BCUT2D eigenvalue weighted by Crippen LogP contribution is 2.30. The topological polar surface area (TPSA) is 24.9 Å². The molecule has 20 heavy (non-hydrogen) atoms. The lowest BCUT2D eigenvalue weighted by atomic mass is 10.1. The first-order chi connectivity index (χ1) is 9.38. The third-order valence-electron chi connectivity index (χ3n) is 2.95. The van der Waals surface area contributed by atoms with Crippen molar-refractivity contribution in [2.75, 3.05) is 5.32 Å². The van der Waals surface area contributed by atoms with Crippen molar-refractivity contribution in [2.45, 2.75) is 19.9 Å². The number of nitrogens with one attached hydrogen (secondary N) is 1. The lowest BCUT2D eigenvalue weighted by Crippen LogP contribution is -2.09. The highest BCUT2D eigenvalue weighted by atomic mass is 35.5. The Labute approximate surface area is 125 Å². The average molecular weight is 317 g/mol. The molecule has 0 bridgehead atoms. The van der Waals surface area contributed by atoms with Crippen molar-refractivity contribution in [2.24, 2.45) is 0 Å². The van der Waals surface area contributed by atoms with Gasteiger partial charge in [-0.25, -0.2) is 13.8 Å². The molecule has 0 radical (unpaired) electrons. The molecule has 1 aromatic carbocycles. The van der Waals surface area contributed by atoms with E-state index >= 15 is 0 Å². The van der Waals surface area contributed by atoms with Crippen LogP contribution < -0.4 is 5.32 Å². The predicted octanol–water partition coefficient (Wildman–Crippen LogP) is 5.15. The largest absolute Gasteiger partial charge is 0.376 e. The highest BCUT2D eigenvalue weighted by molar-refractivity contribution is 6.34. The van der Waals surface area contributed by atoms with Crippen molar-refractivity contribution in [3.05, 3.63) is 57.3 Å². The number of anilines is 1. The molecule has 2 aromatic rings. The molecule has 2 nitrogen and oxygen atoms in total. The van der Waals surface area contributed by atoms with Crippen LogP contribution in [0.4, 0.5) is 14.5 Å². The number of rotatable bonds is 3. The first-order valence-electron chi connectivity index (χ1n) is 5.92. The van der Waals surface area contributed by atoms with E-state index in [0.717, 1.165) is 17.7 Å². The molecule has 1 N–H and O–H groups in total. The minimum Gasteiger partial charge on any atom is -0.376 e. The Bertz CT molecular complexity index is 624. The van der Waals surface area contributed by atoms with Crippen molar-refractivity contribution < 1.29 is 8.78 Å². The van der Waals surface area contributed by atoms with Gasteiger partial charge < -0.3 is 5.32 Å². The van der Waals surface area contributed by atoms with E-state index in [1.165, 1.54) is 6.07 Å². The Morgan fingerprint density at radius 3 is 2.45 bits per heavy atom. The second kappa shape index (κ2) is 5.94. The molecular weight excluding hydrogens is 305 g/mol. The van der Waals surface area contributed by atoms with Gasteiger partial charge in [0.25, 0.3) is 0 Å². The van der Waals surface area contributed by atoms with E-state index in [2.05, 4.69) is 10.3 Å². The van der Waals surface area contributed by atoms with Crippen LogP contribution in [0.3, 0.4) is 0 Å². The summed E-state index contributed by atoms with van der Waals surface area (Å²) in [5.74, 6) is -1.75. The smallest absolute Gasteiger partial charge is 0.159 e. The van der Waals surface area contributed by atoms with Crippen LogP contribution in [0.15, 0.2) is 24.3 Å². The zero-order valence-electron chi connectivity index (χ0n) is 10.8. The monoisotopic (exact) mass is 316 g/mol. The number of nitrogens with zero attached hydrogens (tertiary/aromatic N) is 1. The fourth-order valence-corrected chi connectivity index (χ4v) is 2.44. The Morgan fingerprint density at radius 2 is 1.85 bits per heavy atom. The van der Waals surface area contributed by atoms with E-state index in [1.807, 2.05) is 13.8 Å². The van der Waals surface area contributed by atoms with Crippen molar-refractivity contribution in [1.29, 1.82) is 0 Å². The molecule has 0 saturated carbocycles. The minimum atomic E-state index is -0.881. The van der Waals surface area contributed by atoms with Gasteiger partial charge in [-0.05, 0) is 43.2 Å². The summed E-state index contributed by atoms with van der Waals surface area (Å²) in [6.45, 7) is 3.65. The summed E-state index contributed by atoms with van der Waals surface area (Å²) in [5.41, 5.74) is 2.05. The van der Waals surface area contributed by atoms with E-state index in [-0.39, 0.29) is 11.2 Å². The lowest BCUT2D eigenvalue weighted by molar-refractivity contribution is 0.506. The third kappa shape index (κ3) is 3.19. The number of aromatic nitrogens is 1. The van der Waals surface area contributed by atoms with Gasteiger partial charge in [0.15, 0.2) is 16.8 Å². The summed E-state index contributed by atoms with van der Waals surface area (Å²) < 4.78 is 26.2. The van der Waals surface area contributed by atoms with Gasteiger partial charge in [0.1, 0.15) is 5.15 Å². The average Bonchev–Trinajstić information content (AvgIpc) is 2.36. The van der Waals surface area contributed by atoms with Crippen molar-refractivity contribution in [1.82, 2.24) is 4.98 Å². The maximum atomic E-state index is 13.2.